The molecular formula is C23H27BrN2O3. The van der Waals surface area contributed by atoms with Crippen LogP contribution in [0.15, 0.2) is 46.9 Å². The van der Waals surface area contributed by atoms with Crippen molar-refractivity contribution >= 4 is 32.8 Å². The maximum atomic E-state index is 11.9. The number of hydrogen-bond acceptors (Lipinski definition) is 4. The van der Waals surface area contributed by atoms with Crippen LogP contribution in [0.1, 0.15) is 50.9 Å². The summed E-state index contributed by atoms with van der Waals surface area (Å²) >= 11 is 3.57. The second-order valence-corrected chi connectivity index (χ2v) is 7.82. The van der Waals surface area contributed by atoms with Crippen LogP contribution >= 0.6 is 15.9 Å². The van der Waals surface area contributed by atoms with Crippen molar-refractivity contribution in [3.8, 4) is 5.75 Å². The molecular weight excluding hydrogens is 432 g/mol. The Morgan fingerprint density at radius 3 is 2.62 bits per heavy atom. The number of benzene rings is 2. The lowest BCUT2D eigenvalue weighted by atomic mass is 10.1. The molecule has 6 heteroatoms. The van der Waals surface area contributed by atoms with Gasteiger partial charge in [-0.05, 0) is 44.0 Å². The number of aromatic nitrogens is 2. The van der Waals surface area contributed by atoms with Gasteiger partial charge in [0.05, 0.1) is 24.6 Å². The zero-order valence-electron chi connectivity index (χ0n) is 17.2. The minimum absolute atomic E-state index is 0.193. The number of nitrogens with zero attached hydrogens (tertiary/aromatic N) is 2. The molecule has 1 aromatic heterocycles. The van der Waals surface area contributed by atoms with E-state index in [1.165, 1.54) is 0 Å². The molecule has 0 aliphatic rings. The first-order chi connectivity index (χ1) is 14.1. The number of carbonyl (C=O) groups excluding carboxylic acids is 1. The molecule has 3 aromatic rings. The van der Waals surface area contributed by atoms with Crippen molar-refractivity contribution in [1.29, 1.82) is 0 Å². The van der Waals surface area contributed by atoms with Crippen LogP contribution in [-0.2, 0) is 22.6 Å². The summed E-state index contributed by atoms with van der Waals surface area (Å²) in [5, 5.41) is 5.96. The van der Waals surface area contributed by atoms with Gasteiger partial charge in [0.1, 0.15) is 18.1 Å². The van der Waals surface area contributed by atoms with Crippen LogP contribution in [0.3, 0.4) is 0 Å². The fraction of sp³-hybridized carbons (Fsp3) is 0.391. The fourth-order valence-corrected chi connectivity index (χ4v) is 3.86. The predicted octanol–water partition coefficient (Wildman–Crippen LogP) is 5.84. The van der Waals surface area contributed by atoms with Gasteiger partial charge in [0, 0.05) is 15.4 Å². The zero-order chi connectivity index (χ0) is 20.8. The highest BCUT2D eigenvalue weighted by atomic mass is 79.9. The topological polar surface area (TPSA) is 53.4 Å². The third kappa shape index (κ3) is 4.99. The second kappa shape index (κ2) is 9.92. The second-order valence-electron chi connectivity index (χ2n) is 6.90. The molecule has 29 heavy (non-hydrogen) atoms. The van der Waals surface area contributed by atoms with Crippen molar-refractivity contribution in [3.63, 3.8) is 0 Å². The SMILES string of the molecule is CCOC(=O)Cc1ccccc1OCc1nn(C(CC)CC)c2ccc(Br)cc12. The van der Waals surface area contributed by atoms with Crippen LogP contribution in [0.4, 0.5) is 0 Å². The highest BCUT2D eigenvalue weighted by molar-refractivity contribution is 9.10. The average Bonchev–Trinajstić information content (AvgIpc) is 3.06. The van der Waals surface area contributed by atoms with Crippen molar-refractivity contribution in [2.45, 2.75) is 52.7 Å². The Morgan fingerprint density at radius 1 is 1.14 bits per heavy atom. The Balaban J connectivity index is 1.88. The van der Waals surface area contributed by atoms with Gasteiger partial charge in [-0.15, -0.1) is 0 Å². The van der Waals surface area contributed by atoms with E-state index in [4.69, 9.17) is 14.6 Å². The summed E-state index contributed by atoms with van der Waals surface area (Å²) < 4.78 is 14.3. The van der Waals surface area contributed by atoms with Gasteiger partial charge in [0.25, 0.3) is 0 Å². The number of hydrogen-bond donors (Lipinski definition) is 0. The van der Waals surface area contributed by atoms with Gasteiger partial charge in [-0.2, -0.15) is 5.10 Å². The Hall–Kier alpha value is -2.34. The normalized spacial score (nSPS) is 11.2. The summed E-state index contributed by atoms with van der Waals surface area (Å²) in [6.07, 6.45) is 2.23. The van der Waals surface area contributed by atoms with Crippen LogP contribution in [-0.4, -0.2) is 22.4 Å². The number of rotatable bonds is 9. The van der Waals surface area contributed by atoms with E-state index >= 15 is 0 Å². The van der Waals surface area contributed by atoms with E-state index in [2.05, 4.69) is 46.6 Å². The standard InChI is InChI=1S/C23H27BrN2O3/c1-4-18(5-2)26-21-12-11-17(24)14-19(21)20(25-26)15-29-22-10-8-7-9-16(22)13-23(27)28-6-3/h7-12,14,18H,4-6,13,15H2,1-3H3. The lowest BCUT2D eigenvalue weighted by Crippen LogP contribution is -2.10. The maximum absolute atomic E-state index is 11.9. The van der Waals surface area contributed by atoms with Crippen LogP contribution in [0.2, 0.25) is 0 Å². The number of esters is 1. The summed E-state index contributed by atoms with van der Waals surface area (Å²) in [6, 6.07) is 14.2. The van der Waals surface area contributed by atoms with Crippen molar-refractivity contribution < 1.29 is 14.3 Å². The van der Waals surface area contributed by atoms with Gasteiger partial charge in [-0.3, -0.25) is 9.48 Å². The van der Waals surface area contributed by atoms with E-state index < -0.39 is 0 Å². The van der Waals surface area contributed by atoms with E-state index in [9.17, 15) is 4.79 Å². The Kier molecular flexibility index (Phi) is 7.31. The number of fused-ring (bicyclic) bond motifs is 1. The van der Waals surface area contributed by atoms with Crippen molar-refractivity contribution in [1.82, 2.24) is 9.78 Å². The van der Waals surface area contributed by atoms with Crippen LogP contribution in [0.25, 0.3) is 10.9 Å². The minimum atomic E-state index is -0.254. The fourth-order valence-electron chi connectivity index (χ4n) is 3.50. The largest absolute Gasteiger partial charge is 0.487 e. The van der Waals surface area contributed by atoms with Crippen molar-refractivity contribution in [3.05, 3.63) is 58.2 Å². The molecule has 0 fully saturated rings. The molecule has 5 nitrogen and oxygen atoms in total. The molecule has 2 aromatic carbocycles. The lowest BCUT2D eigenvalue weighted by Gasteiger charge is -2.14. The molecule has 0 N–H and O–H groups in total. The molecule has 0 atom stereocenters. The smallest absolute Gasteiger partial charge is 0.310 e. The average molecular weight is 459 g/mol. The molecule has 0 saturated heterocycles. The van der Waals surface area contributed by atoms with Gasteiger partial charge in [0.2, 0.25) is 0 Å². The molecule has 0 saturated carbocycles. The van der Waals surface area contributed by atoms with Gasteiger partial charge < -0.3 is 9.47 Å². The van der Waals surface area contributed by atoms with E-state index in [0.717, 1.165) is 39.5 Å². The van der Waals surface area contributed by atoms with Crippen molar-refractivity contribution in [2.75, 3.05) is 6.61 Å². The molecule has 0 aliphatic heterocycles. The van der Waals surface area contributed by atoms with Gasteiger partial charge >= 0.3 is 5.97 Å². The molecule has 0 radical (unpaired) electrons. The maximum Gasteiger partial charge on any atom is 0.310 e. The molecule has 0 bridgehead atoms. The summed E-state index contributed by atoms with van der Waals surface area (Å²) in [7, 11) is 0. The minimum Gasteiger partial charge on any atom is -0.487 e. The first-order valence-corrected chi connectivity index (χ1v) is 10.9. The van der Waals surface area contributed by atoms with E-state index in [1.54, 1.807) is 6.92 Å². The van der Waals surface area contributed by atoms with Crippen LogP contribution in [0, 0.1) is 0 Å². The van der Waals surface area contributed by atoms with E-state index in [-0.39, 0.29) is 12.4 Å². The molecule has 0 spiro atoms. The first-order valence-electron chi connectivity index (χ1n) is 10.1. The number of carbonyl (C=O) groups is 1. The van der Waals surface area contributed by atoms with Gasteiger partial charge in [-0.1, -0.05) is 48.0 Å². The number of ether oxygens (including phenoxy) is 2. The van der Waals surface area contributed by atoms with Crippen molar-refractivity contribution in [2.24, 2.45) is 0 Å². The predicted molar refractivity (Wildman–Crippen MR) is 118 cm³/mol. The monoisotopic (exact) mass is 458 g/mol. The molecule has 154 valence electrons. The van der Waals surface area contributed by atoms with E-state index in [0.29, 0.717) is 25.0 Å². The quantitative estimate of drug-likeness (QED) is 0.377. The lowest BCUT2D eigenvalue weighted by molar-refractivity contribution is -0.142. The zero-order valence-corrected chi connectivity index (χ0v) is 18.7. The third-order valence-electron chi connectivity index (χ3n) is 5.01. The summed E-state index contributed by atoms with van der Waals surface area (Å²) in [5.41, 5.74) is 2.82. The summed E-state index contributed by atoms with van der Waals surface area (Å²) in [5.74, 6) is 0.428. The van der Waals surface area contributed by atoms with Gasteiger partial charge in [0.15, 0.2) is 0 Å². The highest BCUT2D eigenvalue weighted by Crippen LogP contribution is 2.29. The number of halogens is 1. The molecule has 3 rings (SSSR count). The summed E-state index contributed by atoms with van der Waals surface area (Å²) in [6.45, 7) is 6.88. The molecule has 1 heterocycles. The third-order valence-corrected chi connectivity index (χ3v) is 5.50. The number of para-hydroxylation sites is 1. The molecule has 0 unspecified atom stereocenters. The molecule has 0 aliphatic carbocycles. The van der Waals surface area contributed by atoms with Crippen LogP contribution < -0.4 is 4.74 Å². The Morgan fingerprint density at radius 2 is 1.90 bits per heavy atom. The first kappa shape index (κ1) is 21.4. The summed E-state index contributed by atoms with van der Waals surface area (Å²) in [4.78, 5) is 11.9. The van der Waals surface area contributed by atoms with E-state index in [1.807, 2.05) is 30.3 Å². The molecule has 0 amide bonds. The van der Waals surface area contributed by atoms with Gasteiger partial charge in [-0.25, -0.2) is 0 Å². The highest BCUT2D eigenvalue weighted by Gasteiger charge is 2.17. The Labute approximate surface area is 180 Å². The Bertz CT molecular complexity index is 979. The van der Waals surface area contributed by atoms with Crippen LogP contribution in [0.5, 0.6) is 5.75 Å².